The van der Waals surface area contributed by atoms with Crippen molar-refractivity contribution < 1.29 is 5.11 Å². The zero-order valence-corrected chi connectivity index (χ0v) is 13.6. The van der Waals surface area contributed by atoms with Crippen molar-refractivity contribution in [2.24, 2.45) is 0 Å². The molecule has 0 radical (unpaired) electrons. The number of halogens is 1. The van der Waals surface area contributed by atoms with E-state index in [2.05, 4.69) is 6.92 Å². The number of aryl methyl sites for hydroxylation is 1. The molecule has 0 bridgehead atoms. The van der Waals surface area contributed by atoms with Crippen LogP contribution in [0.25, 0.3) is 0 Å². The Morgan fingerprint density at radius 1 is 0.850 bits per heavy atom. The molecule has 1 aromatic carbocycles. The van der Waals surface area contributed by atoms with Crippen LogP contribution in [0.15, 0.2) is 18.2 Å². The van der Waals surface area contributed by atoms with E-state index in [1.807, 2.05) is 12.1 Å². The number of hydrogen-bond acceptors (Lipinski definition) is 1. The summed E-state index contributed by atoms with van der Waals surface area (Å²) < 4.78 is 0. The molecule has 0 atom stereocenters. The maximum Gasteiger partial charge on any atom is 0.134 e. The van der Waals surface area contributed by atoms with Crippen LogP contribution in [0.1, 0.15) is 76.7 Å². The van der Waals surface area contributed by atoms with E-state index >= 15 is 0 Å². The highest BCUT2D eigenvalue weighted by Gasteiger charge is 2.04. The van der Waals surface area contributed by atoms with Crippen LogP contribution in [0.3, 0.4) is 0 Å². The Morgan fingerprint density at radius 3 is 2.00 bits per heavy atom. The fourth-order valence-electron chi connectivity index (χ4n) is 2.56. The molecular weight excluding hydrogens is 268 g/mol. The molecule has 0 spiro atoms. The summed E-state index contributed by atoms with van der Waals surface area (Å²) in [5.74, 6) is 0.205. The SMILES string of the molecule is CCCCCCCCCCCCc1cccc(O)c1Cl. The maximum absolute atomic E-state index is 9.53. The third-order valence-electron chi connectivity index (χ3n) is 3.86. The molecule has 2 heteroatoms. The molecule has 1 rings (SSSR count). The number of phenolic OH excluding ortho intramolecular Hbond substituents is 1. The molecule has 114 valence electrons. The second-order valence-electron chi connectivity index (χ2n) is 5.68. The Morgan fingerprint density at radius 2 is 1.40 bits per heavy atom. The second-order valence-corrected chi connectivity index (χ2v) is 6.06. The van der Waals surface area contributed by atoms with Gasteiger partial charge in [0.1, 0.15) is 5.75 Å². The third-order valence-corrected chi connectivity index (χ3v) is 4.29. The lowest BCUT2D eigenvalue weighted by Gasteiger charge is -2.06. The van der Waals surface area contributed by atoms with Gasteiger partial charge >= 0.3 is 0 Å². The first kappa shape index (κ1) is 17.4. The topological polar surface area (TPSA) is 20.2 Å². The zero-order chi connectivity index (χ0) is 14.6. The van der Waals surface area contributed by atoms with Crippen LogP contribution in [0.4, 0.5) is 0 Å². The van der Waals surface area contributed by atoms with Crippen molar-refractivity contribution in [1.29, 1.82) is 0 Å². The van der Waals surface area contributed by atoms with Gasteiger partial charge in [0.05, 0.1) is 5.02 Å². The lowest BCUT2D eigenvalue weighted by Crippen LogP contribution is -1.88. The van der Waals surface area contributed by atoms with Gasteiger partial charge in [0.15, 0.2) is 0 Å². The monoisotopic (exact) mass is 296 g/mol. The van der Waals surface area contributed by atoms with Gasteiger partial charge in [-0.05, 0) is 24.5 Å². The summed E-state index contributed by atoms with van der Waals surface area (Å²) in [6, 6.07) is 5.52. The average Bonchev–Trinajstić information content (AvgIpc) is 2.45. The van der Waals surface area contributed by atoms with Gasteiger partial charge in [0.25, 0.3) is 0 Å². The van der Waals surface area contributed by atoms with E-state index in [1.54, 1.807) is 6.07 Å². The molecule has 0 saturated heterocycles. The molecule has 0 heterocycles. The van der Waals surface area contributed by atoms with Crippen molar-refractivity contribution in [2.75, 3.05) is 0 Å². The van der Waals surface area contributed by atoms with Crippen LogP contribution in [-0.2, 0) is 6.42 Å². The number of rotatable bonds is 11. The highest BCUT2D eigenvalue weighted by atomic mass is 35.5. The second kappa shape index (κ2) is 11.0. The summed E-state index contributed by atoms with van der Waals surface area (Å²) in [6.07, 6.45) is 14.4. The highest BCUT2D eigenvalue weighted by molar-refractivity contribution is 6.32. The average molecular weight is 297 g/mol. The molecule has 0 aliphatic heterocycles. The van der Waals surface area contributed by atoms with E-state index in [0.29, 0.717) is 5.02 Å². The Bertz CT molecular complexity index is 362. The quantitative estimate of drug-likeness (QED) is 0.461. The lowest BCUT2D eigenvalue weighted by atomic mass is 10.0. The van der Waals surface area contributed by atoms with E-state index in [4.69, 9.17) is 11.6 Å². The normalized spacial score (nSPS) is 10.9. The summed E-state index contributed by atoms with van der Waals surface area (Å²) in [4.78, 5) is 0. The highest BCUT2D eigenvalue weighted by Crippen LogP contribution is 2.27. The summed E-state index contributed by atoms with van der Waals surface area (Å²) in [5.41, 5.74) is 1.08. The van der Waals surface area contributed by atoms with Gasteiger partial charge in [-0.2, -0.15) is 0 Å². The first-order valence-corrected chi connectivity index (χ1v) is 8.60. The Hall–Kier alpha value is -0.690. The fourth-order valence-corrected chi connectivity index (χ4v) is 2.78. The summed E-state index contributed by atoms with van der Waals surface area (Å²) in [7, 11) is 0. The zero-order valence-electron chi connectivity index (χ0n) is 12.8. The van der Waals surface area contributed by atoms with E-state index in [1.165, 1.54) is 64.2 Å². The van der Waals surface area contributed by atoms with Gasteiger partial charge in [-0.15, -0.1) is 0 Å². The Balaban J connectivity index is 1.98. The predicted octanol–water partition coefficient (Wildman–Crippen LogP) is 6.51. The first-order chi connectivity index (χ1) is 9.75. The van der Waals surface area contributed by atoms with E-state index in [-0.39, 0.29) is 5.75 Å². The van der Waals surface area contributed by atoms with E-state index in [9.17, 15) is 5.11 Å². The van der Waals surface area contributed by atoms with Crippen LogP contribution in [0.2, 0.25) is 5.02 Å². The Kier molecular flexibility index (Phi) is 9.57. The number of phenols is 1. The fraction of sp³-hybridized carbons (Fsp3) is 0.667. The summed E-state index contributed by atoms with van der Waals surface area (Å²) in [6.45, 7) is 2.26. The van der Waals surface area contributed by atoms with Crippen molar-refractivity contribution in [3.63, 3.8) is 0 Å². The maximum atomic E-state index is 9.53. The van der Waals surface area contributed by atoms with Gasteiger partial charge in [-0.25, -0.2) is 0 Å². The summed E-state index contributed by atoms with van der Waals surface area (Å²) >= 11 is 6.07. The first-order valence-electron chi connectivity index (χ1n) is 8.22. The van der Waals surface area contributed by atoms with Crippen molar-refractivity contribution in [3.05, 3.63) is 28.8 Å². The molecule has 0 unspecified atom stereocenters. The van der Waals surface area contributed by atoms with Gasteiger partial charge in [-0.1, -0.05) is 88.4 Å². The molecule has 0 saturated carbocycles. The summed E-state index contributed by atoms with van der Waals surface area (Å²) in [5, 5.41) is 10.1. The van der Waals surface area contributed by atoms with Crippen LogP contribution >= 0.6 is 11.6 Å². The molecule has 20 heavy (non-hydrogen) atoms. The van der Waals surface area contributed by atoms with Crippen molar-refractivity contribution in [1.82, 2.24) is 0 Å². The Labute approximate surface area is 129 Å². The van der Waals surface area contributed by atoms with Crippen molar-refractivity contribution >= 4 is 11.6 Å². The van der Waals surface area contributed by atoms with Crippen LogP contribution in [-0.4, -0.2) is 5.11 Å². The molecule has 0 aliphatic carbocycles. The molecule has 0 aromatic heterocycles. The smallest absolute Gasteiger partial charge is 0.134 e. The lowest BCUT2D eigenvalue weighted by molar-refractivity contribution is 0.474. The minimum absolute atomic E-state index is 0.205. The largest absolute Gasteiger partial charge is 0.506 e. The number of aromatic hydroxyl groups is 1. The molecule has 1 nitrogen and oxygen atoms in total. The van der Waals surface area contributed by atoms with Crippen LogP contribution in [0, 0.1) is 0 Å². The molecule has 0 amide bonds. The number of unbranched alkanes of at least 4 members (excludes halogenated alkanes) is 9. The van der Waals surface area contributed by atoms with Crippen LogP contribution < -0.4 is 0 Å². The van der Waals surface area contributed by atoms with E-state index in [0.717, 1.165) is 12.0 Å². The minimum atomic E-state index is 0.205. The molecule has 0 aliphatic rings. The van der Waals surface area contributed by atoms with Gasteiger partial charge in [-0.3, -0.25) is 0 Å². The third kappa shape index (κ3) is 7.19. The van der Waals surface area contributed by atoms with Gasteiger partial charge in [0, 0.05) is 0 Å². The molecular formula is C18H29ClO. The van der Waals surface area contributed by atoms with E-state index < -0.39 is 0 Å². The minimum Gasteiger partial charge on any atom is -0.506 e. The van der Waals surface area contributed by atoms with Crippen LogP contribution in [0.5, 0.6) is 5.75 Å². The van der Waals surface area contributed by atoms with Gasteiger partial charge < -0.3 is 5.11 Å². The molecule has 1 aromatic rings. The predicted molar refractivity (Wildman–Crippen MR) is 88.7 cm³/mol. The molecule has 1 N–H and O–H groups in total. The van der Waals surface area contributed by atoms with Gasteiger partial charge in [0.2, 0.25) is 0 Å². The standard InChI is InChI=1S/C18H29ClO/c1-2-3-4-5-6-7-8-9-10-11-13-16-14-12-15-17(20)18(16)19/h12,14-15,20H,2-11,13H2,1H3. The van der Waals surface area contributed by atoms with Crippen molar-refractivity contribution in [3.8, 4) is 5.75 Å². The van der Waals surface area contributed by atoms with Crippen molar-refractivity contribution in [2.45, 2.75) is 77.6 Å². The number of benzene rings is 1. The molecule has 0 fully saturated rings. The number of hydrogen-bond donors (Lipinski definition) is 1.